The van der Waals surface area contributed by atoms with Crippen molar-refractivity contribution in [1.82, 2.24) is 0 Å². The number of rotatable bonds is 7. The molecule has 0 amide bonds. The average molecular weight is 286 g/mol. The monoisotopic (exact) mass is 286 g/mol. The van der Waals surface area contributed by atoms with Crippen LogP contribution >= 0.6 is 0 Å². The van der Waals surface area contributed by atoms with Crippen molar-refractivity contribution in [2.45, 2.75) is 38.3 Å². The highest BCUT2D eigenvalue weighted by Crippen LogP contribution is 2.22. The Morgan fingerprint density at radius 3 is 2.00 bits per heavy atom. The summed E-state index contributed by atoms with van der Waals surface area (Å²) < 4.78 is 5.55. The van der Waals surface area contributed by atoms with Crippen LogP contribution in [0.1, 0.15) is 13.8 Å². The molecule has 1 rings (SSSR count). The lowest BCUT2D eigenvalue weighted by atomic mass is 9.91. The normalized spacial score (nSPS) is 18.9. The lowest BCUT2D eigenvalue weighted by molar-refractivity contribution is -0.102. The molecule has 0 spiro atoms. The number of aromatic hydroxyl groups is 1. The van der Waals surface area contributed by atoms with Gasteiger partial charge in [-0.25, -0.2) is 0 Å². The molecule has 5 N–H and O–H groups in total. The Balaban J connectivity index is 2.71. The SMILES string of the molecule is CC(Oc1ccc(O)cc1)C(CO)C(O)[C@H](O)C(C)O. The Morgan fingerprint density at radius 1 is 1.00 bits per heavy atom. The van der Waals surface area contributed by atoms with Crippen LogP contribution in [0.5, 0.6) is 11.5 Å². The van der Waals surface area contributed by atoms with Crippen LogP contribution in [0.2, 0.25) is 0 Å². The first-order valence-corrected chi connectivity index (χ1v) is 6.47. The van der Waals surface area contributed by atoms with Crippen molar-refractivity contribution in [1.29, 1.82) is 0 Å². The van der Waals surface area contributed by atoms with Gasteiger partial charge in [-0.2, -0.15) is 0 Å². The van der Waals surface area contributed by atoms with Gasteiger partial charge in [0.2, 0.25) is 0 Å². The van der Waals surface area contributed by atoms with Gasteiger partial charge in [0.1, 0.15) is 23.7 Å². The molecule has 1 aromatic carbocycles. The third-order valence-electron chi connectivity index (χ3n) is 3.26. The molecule has 0 aliphatic rings. The average Bonchev–Trinajstić information content (AvgIpc) is 2.41. The maximum atomic E-state index is 9.95. The van der Waals surface area contributed by atoms with Crippen LogP contribution in [-0.4, -0.2) is 56.6 Å². The first-order valence-electron chi connectivity index (χ1n) is 6.47. The molecule has 0 aliphatic heterocycles. The highest BCUT2D eigenvalue weighted by molar-refractivity contribution is 5.30. The fraction of sp³-hybridized carbons (Fsp3) is 0.571. The highest BCUT2D eigenvalue weighted by atomic mass is 16.5. The summed E-state index contributed by atoms with van der Waals surface area (Å²) in [6.07, 6.45) is -4.38. The predicted octanol–water partition coefficient (Wildman–Crippen LogP) is -0.129. The first-order chi connectivity index (χ1) is 9.36. The summed E-state index contributed by atoms with van der Waals surface area (Å²) in [5.74, 6) is -0.186. The summed E-state index contributed by atoms with van der Waals surface area (Å²) in [6.45, 7) is 2.60. The summed E-state index contributed by atoms with van der Waals surface area (Å²) in [5, 5.41) is 47.4. The van der Waals surface area contributed by atoms with Gasteiger partial charge in [0.25, 0.3) is 0 Å². The summed E-state index contributed by atoms with van der Waals surface area (Å²) in [4.78, 5) is 0. The van der Waals surface area contributed by atoms with Crippen molar-refractivity contribution < 1.29 is 30.3 Å². The molecule has 0 heterocycles. The van der Waals surface area contributed by atoms with Gasteiger partial charge in [-0.1, -0.05) is 0 Å². The van der Waals surface area contributed by atoms with E-state index in [-0.39, 0.29) is 5.75 Å². The largest absolute Gasteiger partial charge is 0.508 e. The molecule has 0 aliphatic carbocycles. The number of hydrogen-bond donors (Lipinski definition) is 5. The van der Waals surface area contributed by atoms with Crippen LogP contribution in [0.15, 0.2) is 24.3 Å². The Morgan fingerprint density at radius 2 is 1.55 bits per heavy atom. The molecule has 1 aromatic rings. The number of phenols is 1. The van der Waals surface area contributed by atoms with E-state index in [0.29, 0.717) is 5.75 Å². The van der Waals surface area contributed by atoms with E-state index in [1.165, 1.54) is 19.1 Å². The summed E-state index contributed by atoms with van der Waals surface area (Å²) >= 11 is 0. The molecule has 6 heteroatoms. The zero-order valence-electron chi connectivity index (χ0n) is 11.5. The lowest BCUT2D eigenvalue weighted by Crippen LogP contribution is -2.47. The molecule has 114 valence electrons. The van der Waals surface area contributed by atoms with E-state index in [1.807, 2.05) is 0 Å². The molecule has 5 atom stereocenters. The third kappa shape index (κ3) is 4.35. The molecule has 6 nitrogen and oxygen atoms in total. The standard InChI is InChI=1S/C14H22O6/c1-8(16)13(18)14(19)12(7-15)9(2)20-11-5-3-10(17)4-6-11/h3-6,8-9,12-19H,7H2,1-2H3/t8?,9?,12?,13-,14?/m1/s1. The van der Waals surface area contributed by atoms with Crippen molar-refractivity contribution in [2.75, 3.05) is 6.61 Å². The topological polar surface area (TPSA) is 110 Å². The minimum absolute atomic E-state index is 0.105. The van der Waals surface area contributed by atoms with Crippen LogP contribution in [0, 0.1) is 5.92 Å². The van der Waals surface area contributed by atoms with E-state index in [9.17, 15) is 25.5 Å². The van der Waals surface area contributed by atoms with E-state index >= 15 is 0 Å². The second-order valence-electron chi connectivity index (χ2n) is 4.89. The fourth-order valence-corrected chi connectivity index (χ4v) is 1.90. The number of phenolic OH excluding ortho intramolecular Hbond substituents is 1. The van der Waals surface area contributed by atoms with Gasteiger partial charge in [-0.3, -0.25) is 0 Å². The lowest BCUT2D eigenvalue weighted by Gasteiger charge is -2.31. The maximum Gasteiger partial charge on any atom is 0.119 e. The molecule has 0 radical (unpaired) electrons. The minimum Gasteiger partial charge on any atom is -0.508 e. The highest BCUT2D eigenvalue weighted by Gasteiger charge is 2.33. The Bertz CT molecular complexity index is 391. The third-order valence-corrected chi connectivity index (χ3v) is 3.26. The number of benzene rings is 1. The van der Waals surface area contributed by atoms with Gasteiger partial charge >= 0.3 is 0 Å². The first kappa shape index (κ1) is 16.7. The summed E-state index contributed by atoms with van der Waals surface area (Å²) in [6, 6.07) is 6.02. The molecule has 0 bridgehead atoms. The fourth-order valence-electron chi connectivity index (χ4n) is 1.90. The van der Waals surface area contributed by atoms with Crippen LogP contribution in [0.3, 0.4) is 0 Å². The zero-order chi connectivity index (χ0) is 15.3. The molecule has 20 heavy (non-hydrogen) atoms. The minimum atomic E-state index is -1.36. The Kier molecular flexibility index (Phi) is 6.22. The summed E-state index contributed by atoms with van der Waals surface area (Å²) in [5.41, 5.74) is 0. The second kappa shape index (κ2) is 7.44. The van der Waals surface area contributed by atoms with E-state index in [2.05, 4.69) is 0 Å². The van der Waals surface area contributed by atoms with Gasteiger partial charge in [0.05, 0.1) is 18.8 Å². The smallest absolute Gasteiger partial charge is 0.119 e. The Hall–Kier alpha value is -1.34. The maximum absolute atomic E-state index is 9.95. The van der Waals surface area contributed by atoms with E-state index in [1.54, 1.807) is 19.1 Å². The van der Waals surface area contributed by atoms with E-state index in [4.69, 9.17) is 4.74 Å². The van der Waals surface area contributed by atoms with Crippen LogP contribution in [-0.2, 0) is 0 Å². The van der Waals surface area contributed by atoms with Crippen molar-refractivity contribution >= 4 is 0 Å². The van der Waals surface area contributed by atoms with Crippen molar-refractivity contribution in [3.63, 3.8) is 0 Å². The van der Waals surface area contributed by atoms with Crippen molar-refractivity contribution in [3.05, 3.63) is 24.3 Å². The molecule has 0 fully saturated rings. The molecule has 4 unspecified atom stereocenters. The van der Waals surface area contributed by atoms with E-state index in [0.717, 1.165) is 0 Å². The van der Waals surface area contributed by atoms with Crippen LogP contribution in [0.4, 0.5) is 0 Å². The number of aliphatic hydroxyl groups excluding tert-OH is 4. The van der Waals surface area contributed by atoms with Crippen molar-refractivity contribution in [3.8, 4) is 11.5 Å². The number of aliphatic hydroxyl groups is 4. The Labute approximate surface area is 117 Å². The van der Waals surface area contributed by atoms with Crippen molar-refractivity contribution in [2.24, 2.45) is 5.92 Å². The molecule has 0 saturated heterocycles. The number of hydrogen-bond acceptors (Lipinski definition) is 6. The molecule has 0 aromatic heterocycles. The van der Waals surface area contributed by atoms with Crippen LogP contribution in [0.25, 0.3) is 0 Å². The van der Waals surface area contributed by atoms with E-state index < -0.39 is 36.9 Å². The van der Waals surface area contributed by atoms with Gasteiger partial charge in [-0.05, 0) is 38.1 Å². The quantitative estimate of drug-likeness (QED) is 0.477. The summed E-state index contributed by atoms with van der Waals surface area (Å²) in [7, 11) is 0. The van der Waals surface area contributed by atoms with Crippen LogP contribution < -0.4 is 4.74 Å². The predicted molar refractivity (Wildman–Crippen MR) is 72.5 cm³/mol. The molecule has 0 saturated carbocycles. The second-order valence-corrected chi connectivity index (χ2v) is 4.89. The van der Waals surface area contributed by atoms with Gasteiger partial charge in [-0.15, -0.1) is 0 Å². The zero-order valence-corrected chi connectivity index (χ0v) is 11.5. The van der Waals surface area contributed by atoms with Gasteiger partial charge in [0, 0.05) is 5.92 Å². The van der Waals surface area contributed by atoms with Gasteiger partial charge in [0.15, 0.2) is 0 Å². The molecular formula is C14H22O6. The number of ether oxygens (including phenoxy) is 1. The molecular weight excluding hydrogens is 264 g/mol. The van der Waals surface area contributed by atoms with Gasteiger partial charge < -0.3 is 30.3 Å².